The molecule has 1 fully saturated rings. The van der Waals surface area contributed by atoms with E-state index in [1.807, 2.05) is 30.3 Å². The highest BCUT2D eigenvalue weighted by molar-refractivity contribution is 5.72. The van der Waals surface area contributed by atoms with Crippen molar-refractivity contribution in [2.24, 2.45) is 5.92 Å². The first-order valence-electron chi connectivity index (χ1n) is 7.61. The van der Waals surface area contributed by atoms with Crippen LogP contribution in [0.4, 0.5) is 0 Å². The number of hydrogen-bond donors (Lipinski definition) is 0. The molecule has 2 rings (SSSR count). The molecule has 0 saturated heterocycles. The van der Waals surface area contributed by atoms with Gasteiger partial charge in [0.25, 0.3) is 0 Å². The summed E-state index contributed by atoms with van der Waals surface area (Å²) in [6.07, 6.45) is 5.18. The van der Waals surface area contributed by atoms with E-state index in [-0.39, 0.29) is 18.0 Å². The lowest BCUT2D eigenvalue weighted by Gasteiger charge is -2.12. The first-order chi connectivity index (χ1) is 9.79. The first kappa shape index (κ1) is 15.0. The number of esters is 1. The molecule has 0 amide bonds. The van der Waals surface area contributed by atoms with Gasteiger partial charge in [0.1, 0.15) is 6.61 Å². The SMILES string of the molecule is CCCCOC1CCC(C(=O)OCc2ccccc2)C1. The quantitative estimate of drug-likeness (QED) is 0.562. The van der Waals surface area contributed by atoms with Crippen molar-refractivity contribution in [1.29, 1.82) is 0 Å². The lowest BCUT2D eigenvalue weighted by Crippen LogP contribution is -2.17. The molecule has 1 saturated carbocycles. The average molecular weight is 276 g/mol. The summed E-state index contributed by atoms with van der Waals surface area (Å²) < 4.78 is 11.2. The van der Waals surface area contributed by atoms with E-state index in [1.54, 1.807) is 0 Å². The predicted molar refractivity (Wildman–Crippen MR) is 78.2 cm³/mol. The number of rotatable bonds is 7. The Labute approximate surface area is 121 Å². The molecule has 2 unspecified atom stereocenters. The third kappa shape index (κ3) is 4.64. The topological polar surface area (TPSA) is 35.5 Å². The molecule has 1 aliphatic carbocycles. The number of hydrogen-bond acceptors (Lipinski definition) is 3. The average Bonchev–Trinajstić information content (AvgIpc) is 2.95. The van der Waals surface area contributed by atoms with E-state index in [4.69, 9.17) is 9.47 Å². The molecule has 2 atom stereocenters. The maximum absolute atomic E-state index is 12.0. The fraction of sp³-hybridized carbons (Fsp3) is 0.588. The second-order valence-electron chi connectivity index (χ2n) is 5.45. The van der Waals surface area contributed by atoms with Crippen molar-refractivity contribution in [1.82, 2.24) is 0 Å². The van der Waals surface area contributed by atoms with Gasteiger partial charge < -0.3 is 9.47 Å². The Hall–Kier alpha value is -1.35. The number of carbonyl (C=O) groups is 1. The van der Waals surface area contributed by atoms with Crippen LogP contribution in [0.25, 0.3) is 0 Å². The zero-order chi connectivity index (χ0) is 14.2. The fourth-order valence-electron chi connectivity index (χ4n) is 2.55. The summed E-state index contributed by atoms with van der Waals surface area (Å²) in [5, 5.41) is 0. The molecule has 0 radical (unpaired) electrons. The molecule has 1 aromatic carbocycles. The number of benzene rings is 1. The highest BCUT2D eigenvalue weighted by atomic mass is 16.5. The van der Waals surface area contributed by atoms with E-state index in [0.717, 1.165) is 44.3 Å². The largest absolute Gasteiger partial charge is 0.461 e. The van der Waals surface area contributed by atoms with Crippen LogP contribution in [0.2, 0.25) is 0 Å². The second-order valence-corrected chi connectivity index (χ2v) is 5.45. The summed E-state index contributed by atoms with van der Waals surface area (Å²) in [6.45, 7) is 3.34. The summed E-state index contributed by atoms with van der Waals surface area (Å²) in [5.41, 5.74) is 1.04. The van der Waals surface area contributed by atoms with E-state index in [2.05, 4.69) is 6.92 Å². The number of unbranched alkanes of at least 4 members (excludes halogenated alkanes) is 1. The molecule has 0 aromatic heterocycles. The molecular formula is C17H24O3. The van der Waals surface area contributed by atoms with Crippen molar-refractivity contribution >= 4 is 5.97 Å². The van der Waals surface area contributed by atoms with Crippen molar-refractivity contribution in [3.05, 3.63) is 35.9 Å². The van der Waals surface area contributed by atoms with E-state index < -0.39 is 0 Å². The summed E-state index contributed by atoms with van der Waals surface area (Å²) in [4.78, 5) is 12.0. The molecule has 0 N–H and O–H groups in total. The third-order valence-electron chi connectivity index (χ3n) is 3.79. The molecule has 20 heavy (non-hydrogen) atoms. The van der Waals surface area contributed by atoms with Gasteiger partial charge in [-0.2, -0.15) is 0 Å². The van der Waals surface area contributed by atoms with E-state index >= 15 is 0 Å². The predicted octanol–water partition coefficient (Wildman–Crippen LogP) is 3.72. The van der Waals surface area contributed by atoms with Crippen LogP contribution in [0.3, 0.4) is 0 Å². The van der Waals surface area contributed by atoms with Gasteiger partial charge in [-0.1, -0.05) is 43.7 Å². The van der Waals surface area contributed by atoms with Crippen LogP contribution in [0.1, 0.15) is 44.6 Å². The summed E-state index contributed by atoms with van der Waals surface area (Å²) in [7, 11) is 0. The Kier molecular flexibility index (Phi) is 6.06. The summed E-state index contributed by atoms with van der Waals surface area (Å²) in [5.74, 6) is -0.0548. The Morgan fingerprint density at radius 1 is 1.25 bits per heavy atom. The number of ether oxygens (including phenoxy) is 2. The minimum absolute atomic E-state index is 0.0188. The molecule has 1 aliphatic rings. The first-order valence-corrected chi connectivity index (χ1v) is 7.61. The molecule has 3 nitrogen and oxygen atoms in total. The second kappa shape index (κ2) is 8.05. The lowest BCUT2D eigenvalue weighted by atomic mass is 10.1. The molecular weight excluding hydrogens is 252 g/mol. The van der Waals surface area contributed by atoms with Crippen molar-refractivity contribution in [3.8, 4) is 0 Å². The molecule has 110 valence electrons. The van der Waals surface area contributed by atoms with Crippen molar-refractivity contribution in [2.45, 2.75) is 51.7 Å². The van der Waals surface area contributed by atoms with Gasteiger partial charge in [0.15, 0.2) is 0 Å². The lowest BCUT2D eigenvalue weighted by molar-refractivity contribution is -0.150. The molecule has 0 heterocycles. The van der Waals surface area contributed by atoms with Crippen molar-refractivity contribution in [2.75, 3.05) is 6.61 Å². The fourth-order valence-corrected chi connectivity index (χ4v) is 2.55. The Bertz CT molecular complexity index is 402. The molecule has 0 aliphatic heterocycles. The van der Waals surface area contributed by atoms with Crippen LogP contribution in [0.5, 0.6) is 0 Å². The zero-order valence-corrected chi connectivity index (χ0v) is 12.2. The van der Waals surface area contributed by atoms with Gasteiger partial charge in [0.05, 0.1) is 12.0 Å². The Balaban J connectivity index is 1.69. The van der Waals surface area contributed by atoms with Crippen molar-refractivity contribution in [3.63, 3.8) is 0 Å². The minimum Gasteiger partial charge on any atom is -0.461 e. The smallest absolute Gasteiger partial charge is 0.309 e. The van der Waals surface area contributed by atoms with Gasteiger partial charge in [-0.25, -0.2) is 0 Å². The van der Waals surface area contributed by atoms with E-state index in [1.165, 1.54) is 0 Å². The van der Waals surface area contributed by atoms with Gasteiger partial charge in [0.2, 0.25) is 0 Å². The van der Waals surface area contributed by atoms with Gasteiger partial charge >= 0.3 is 5.97 Å². The maximum atomic E-state index is 12.0. The minimum atomic E-state index is -0.0737. The maximum Gasteiger partial charge on any atom is 0.309 e. The number of carbonyl (C=O) groups excluding carboxylic acids is 1. The van der Waals surface area contributed by atoms with E-state index in [0.29, 0.717) is 6.61 Å². The van der Waals surface area contributed by atoms with Crippen molar-refractivity contribution < 1.29 is 14.3 Å². The molecule has 3 heteroatoms. The van der Waals surface area contributed by atoms with Gasteiger partial charge in [-0.05, 0) is 31.2 Å². The molecule has 0 spiro atoms. The van der Waals surface area contributed by atoms with Gasteiger partial charge in [-0.15, -0.1) is 0 Å². The Morgan fingerprint density at radius 3 is 2.80 bits per heavy atom. The van der Waals surface area contributed by atoms with Crippen LogP contribution in [0.15, 0.2) is 30.3 Å². The zero-order valence-electron chi connectivity index (χ0n) is 12.2. The third-order valence-corrected chi connectivity index (χ3v) is 3.79. The van der Waals surface area contributed by atoms with Gasteiger partial charge in [0, 0.05) is 6.61 Å². The van der Waals surface area contributed by atoms with Crippen LogP contribution >= 0.6 is 0 Å². The van der Waals surface area contributed by atoms with Gasteiger partial charge in [-0.3, -0.25) is 4.79 Å². The van der Waals surface area contributed by atoms with E-state index in [9.17, 15) is 4.79 Å². The highest BCUT2D eigenvalue weighted by Crippen LogP contribution is 2.29. The highest BCUT2D eigenvalue weighted by Gasteiger charge is 2.31. The van der Waals surface area contributed by atoms with Crippen LogP contribution in [-0.2, 0) is 20.9 Å². The summed E-state index contributed by atoms with van der Waals surface area (Å²) >= 11 is 0. The monoisotopic (exact) mass is 276 g/mol. The van der Waals surface area contributed by atoms with Crippen LogP contribution < -0.4 is 0 Å². The molecule has 1 aromatic rings. The normalized spacial score (nSPS) is 21.9. The molecule has 0 bridgehead atoms. The van der Waals surface area contributed by atoms with Crippen LogP contribution in [0, 0.1) is 5.92 Å². The summed E-state index contributed by atoms with van der Waals surface area (Å²) in [6, 6.07) is 9.81. The standard InChI is InChI=1S/C17H24O3/c1-2-3-11-19-16-10-9-15(12-16)17(18)20-13-14-7-5-4-6-8-14/h4-8,15-16H,2-3,9-13H2,1H3. The Morgan fingerprint density at radius 2 is 2.05 bits per heavy atom. The van der Waals surface area contributed by atoms with Crippen LogP contribution in [-0.4, -0.2) is 18.7 Å².